The number of carbonyl (C=O) groups excluding carboxylic acids is 2. The third-order valence-electron chi connectivity index (χ3n) is 4.83. The van der Waals surface area contributed by atoms with Crippen molar-refractivity contribution < 1.29 is 22.7 Å². The minimum atomic E-state index is -3.54. The lowest BCUT2D eigenvalue weighted by Gasteiger charge is -2.48. The van der Waals surface area contributed by atoms with Gasteiger partial charge in [-0.05, 0) is 17.2 Å². The maximum Gasteiger partial charge on any atom is 0.355 e. The van der Waals surface area contributed by atoms with Crippen LogP contribution in [0.4, 0.5) is 0 Å². The number of thioether (sulfide) groups is 1. The quantitative estimate of drug-likeness (QED) is 0.541. The van der Waals surface area contributed by atoms with Crippen molar-refractivity contribution in [1.82, 2.24) is 9.62 Å². The standard InChI is InChI=1S/C21H20N2O5S2/c1-30(26,27)22-17-19(24)23-16(12-13-29-20(17)23)21(25)28-18(14-8-4-2-5-9-14)15-10-6-3-7-11-15/h2-12,17-18,20,22H,13H2,1H3/t17-,20-/m1/s1. The molecular weight excluding hydrogens is 424 g/mol. The number of amides is 1. The molecule has 2 aliphatic heterocycles. The number of β-lactam (4-membered cyclic amide) rings is 1. The number of nitrogens with one attached hydrogen (secondary N) is 1. The van der Waals surface area contributed by atoms with Gasteiger partial charge in [-0.15, -0.1) is 11.8 Å². The van der Waals surface area contributed by atoms with Crippen molar-refractivity contribution >= 4 is 33.7 Å². The van der Waals surface area contributed by atoms with Gasteiger partial charge in [-0.1, -0.05) is 60.7 Å². The van der Waals surface area contributed by atoms with Gasteiger partial charge in [-0.3, -0.25) is 9.69 Å². The van der Waals surface area contributed by atoms with Crippen LogP contribution in [0, 0.1) is 0 Å². The number of benzene rings is 2. The number of hydrogen-bond donors (Lipinski definition) is 1. The summed E-state index contributed by atoms with van der Waals surface area (Å²) in [5.74, 6) is -0.608. The summed E-state index contributed by atoms with van der Waals surface area (Å²) in [6.07, 6.45) is 2.02. The van der Waals surface area contributed by atoms with Crippen molar-refractivity contribution in [2.45, 2.75) is 17.5 Å². The number of carbonyl (C=O) groups is 2. The largest absolute Gasteiger partial charge is 0.448 e. The first-order valence-corrected chi connectivity index (χ1v) is 12.2. The first kappa shape index (κ1) is 20.6. The maximum atomic E-state index is 13.1. The van der Waals surface area contributed by atoms with Crippen molar-refractivity contribution in [3.05, 3.63) is 83.6 Å². The number of hydrogen-bond acceptors (Lipinski definition) is 6. The van der Waals surface area contributed by atoms with Crippen LogP contribution in [0.1, 0.15) is 17.2 Å². The third-order valence-corrected chi connectivity index (χ3v) is 6.69. The summed E-state index contributed by atoms with van der Waals surface area (Å²) in [5.41, 5.74) is 1.77. The molecule has 0 aliphatic carbocycles. The third kappa shape index (κ3) is 4.14. The van der Waals surface area contributed by atoms with Gasteiger partial charge in [0.1, 0.15) is 17.1 Å². The van der Waals surface area contributed by atoms with E-state index in [1.165, 1.54) is 16.7 Å². The van der Waals surface area contributed by atoms with Gasteiger partial charge in [0.05, 0.1) is 6.26 Å². The summed E-state index contributed by atoms with van der Waals surface area (Å²) in [6, 6.07) is 17.9. The van der Waals surface area contributed by atoms with Gasteiger partial charge in [0, 0.05) is 5.75 Å². The zero-order valence-corrected chi connectivity index (χ0v) is 17.7. The molecule has 4 rings (SSSR count). The topological polar surface area (TPSA) is 92.8 Å². The fourth-order valence-electron chi connectivity index (χ4n) is 3.49. The Hall–Kier alpha value is -2.62. The van der Waals surface area contributed by atoms with Crippen molar-refractivity contribution in [3.63, 3.8) is 0 Å². The lowest BCUT2D eigenvalue weighted by atomic mass is 10.0. The van der Waals surface area contributed by atoms with Gasteiger partial charge in [0.15, 0.2) is 6.10 Å². The highest BCUT2D eigenvalue weighted by Crippen LogP contribution is 2.39. The molecule has 2 aliphatic rings. The van der Waals surface area contributed by atoms with E-state index < -0.39 is 39.4 Å². The molecule has 9 heteroatoms. The molecule has 0 radical (unpaired) electrons. The molecule has 156 valence electrons. The smallest absolute Gasteiger partial charge is 0.355 e. The van der Waals surface area contributed by atoms with Crippen LogP contribution in [0.3, 0.4) is 0 Å². The molecule has 1 fully saturated rings. The second-order valence-electron chi connectivity index (χ2n) is 7.00. The van der Waals surface area contributed by atoms with E-state index in [0.717, 1.165) is 17.4 Å². The molecule has 0 bridgehead atoms. The molecule has 2 heterocycles. The average Bonchev–Trinajstić information content (AvgIpc) is 2.75. The fraction of sp³-hybridized carbons (Fsp3) is 0.238. The minimum Gasteiger partial charge on any atom is -0.448 e. The lowest BCUT2D eigenvalue weighted by Crippen LogP contribution is -2.70. The second-order valence-corrected chi connectivity index (χ2v) is 9.93. The van der Waals surface area contributed by atoms with E-state index in [-0.39, 0.29) is 5.70 Å². The molecular formula is C21H20N2O5S2. The van der Waals surface area contributed by atoms with Crippen molar-refractivity contribution in [2.24, 2.45) is 0 Å². The number of esters is 1. The Balaban J connectivity index is 1.56. The van der Waals surface area contributed by atoms with Crippen LogP contribution in [0.2, 0.25) is 0 Å². The summed E-state index contributed by atoms with van der Waals surface area (Å²) >= 11 is 1.39. The van der Waals surface area contributed by atoms with Gasteiger partial charge in [-0.25, -0.2) is 13.2 Å². The van der Waals surface area contributed by atoms with Crippen LogP contribution in [0.25, 0.3) is 0 Å². The molecule has 2 atom stereocenters. The highest BCUT2D eigenvalue weighted by molar-refractivity contribution is 8.00. The van der Waals surface area contributed by atoms with Crippen LogP contribution < -0.4 is 4.72 Å². The maximum absolute atomic E-state index is 13.1. The Morgan fingerprint density at radius 1 is 1.10 bits per heavy atom. The SMILES string of the molecule is CS(=O)(=O)N[C@@H]1C(=O)N2C(C(=O)OC(c3ccccc3)c3ccccc3)=CCS[C@H]12. The highest BCUT2D eigenvalue weighted by Gasteiger charge is 2.53. The number of fused-ring (bicyclic) bond motifs is 1. The minimum absolute atomic E-state index is 0.146. The number of rotatable bonds is 6. The van der Waals surface area contributed by atoms with Crippen LogP contribution >= 0.6 is 11.8 Å². The summed E-state index contributed by atoms with van der Waals surface area (Å²) in [4.78, 5) is 26.9. The molecule has 0 aromatic heterocycles. The normalized spacial score (nSPS) is 20.9. The Morgan fingerprint density at radius 3 is 2.20 bits per heavy atom. The number of ether oxygens (including phenoxy) is 1. The monoisotopic (exact) mass is 444 g/mol. The molecule has 0 unspecified atom stereocenters. The van der Waals surface area contributed by atoms with Gasteiger partial charge in [0.2, 0.25) is 15.9 Å². The summed E-state index contributed by atoms with van der Waals surface area (Å²) in [6.45, 7) is 0. The van der Waals surface area contributed by atoms with E-state index in [4.69, 9.17) is 4.74 Å². The van der Waals surface area contributed by atoms with Crippen LogP contribution in [-0.4, -0.2) is 48.6 Å². The van der Waals surface area contributed by atoms with E-state index in [0.29, 0.717) is 5.75 Å². The highest BCUT2D eigenvalue weighted by atomic mass is 32.2. The zero-order valence-electron chi connectivity index (χ0n) is 16.1. The first-order chi connectivity index (χ1) is 14.3. The Bertz CT molecular complexity index is 1050. The molecule has 2 aromatic carbocycles. The molecule has 1 amide bonds. The van der Waals surface area contributed by atoms with E-state index in [1.807, 2.05) is 60.7 Å². The van der Waals surface area contributed by atoms with Crippen molar-refractivity contribution in [1.29, 1.82) is 0 Å². The van der Waals surface area contributed by atoms with E-state index in [1.54, 1.807) is 6.08 Å². The number of nitrogens with zero attached hydrogens (tertiary/aromatic N) is 1. The second kappa shape index (κ2) is 8.25. The Kier molecular flexibility index (Phi) is 5.68. The average molecular weight is 445 g/mol. The molecule has 0 spiro atoms. The van der Waals surface area contributed by atoms with Crippen LogP contribution in [0.5, 0.6) is 0 Å². The molecule has 2 aromatic rings. The van der Waals surface area contributed by atoms with Gasteiger partial charge >= 0.3 is 5.97 Å². The Labute approximate surface area is 179 Å². The van der Waals surface area contributed by atoms with Crippen LogP contribution in [-0.2, 0) is 24.3 Å². The predicted molar refractivity (Wildman–Crippen MR) is 114 cm³/mol. The first-order valence-electron chi connectivity index (χ1n) is 9.28. The summed E-state index contributed by atoms with van der Waals surface area (Å²) < 4.78 is 31.3. The van der Waals surface area contributed by atoms with E-state index >= 15 is 0 Å². The predicted octanol–water partition coefficient (Wildman–Crippen LogP) is 2.04. The lowest BCUT2D eigenvalue weighted by molar-refractivity contribution is -0.153. The molecule has 30 heavy (non-hydrogen) atoms. The van der Waals surface area contributed by atoms with Crippen LogP contribution in [0.15, 0.2) is 72.4 Å². The van der Waals surface area contributed by atoms with Gasteiger partial charge in [0.25, 0.3) is 0 Å². The molecule has 1 N–H and O–H groups in total. The van der Waals surface area contributed by atoms with Gasteiger partial charge < -0.3 is 4.74 Å². The summed E-state index contributed by atoms with van der Waals surface area (Å²) in [7, 11) is -3.54. The Morgan fingerprint density at radius 2 is 1.67 bits per heavy atom. The fourth-order valence-corrected chi connectivity index (χ4v) is 5.46. The van der Waals surface area contributed by atoms with E-state index in [9.17, 15) is 18.0 Å². The molecule has 7 nitrogen and oxygen atoms in total. The van der Waals surface area contributed by atoms with Crippen molar-refractivity contribution in [2.75, 3.05) is 12.0 Å². The molecule has 1 saturated heterocycles. The number of sulfonamides is 1. The van der Waals surface area contributed by atoms with E-state index in [2.05, 4.69) is 4.72 Å². The summed E-state index contributed by atoms with van der Waals surface area (Å²) in [5, 5.41) is -0.466. The zero-order chi connectivity index (χ0) is 21.3. The van der Waals surface area contributed by atoms with Crippen molar-refractivity contribution in [3.8, 4) is 0 Å². The molecule has 0 saturated carbocycles. The van der Waals surface area contributed by atoms with Gasteiger partial charge in [-0.2, -0.15) is 4.72 Å².